The summed E-state index contributed by atoms with van der Waals surface area (Å²) in [5.41, 5.74) is 0.364. The van der Waals surface area contributed by atoms with Crippen molar-refractivity contribution in [2.45, 2.75) is 0 Å². The molecule has 0 unspecified atom stereocenters. The fraction of sp³-hybridized carbons (Fsp3) is 0.333. The summed E-state index contributed by atoms with van der Waals surface area (Å²) in [6.45, 7) is 0.168. The number of hydrogen-bond acceptors (Lipinski definition) is 3. The molecule has 12 heavy (non-hydrogen) atoms. The minimum absolute atomic E-state index is 0.0719. The van der Waals surface area contributed by atoms with Crippen LogP contribution in [-0.4, -0.2) is 34.4 Å². The van der Waals surface area contributed by atoms with Crippen LogP contribution in [0.5, 0.6) is 0 Å². The van der Waals surface area contributed by atoms with Crippen molar-refractivity contribution in [3.05, 3.63) is 16.4 Å². The Hall–Kier alpha value is -0.880. The van der Waals surface area contributed by atoms with Crippen LogP contribution in [0.4, 0.5) is 0 Å². The third kappa shape index (κ3) is 2.05. The number of halogens is 1. The van der Waals surface area contributed by atoms with Crippen molar-refractivity contribution in [3.63, 3.8) is 0 Å². The van der Waals surface area contributed by atoms with Crippen LogP contribution in [0.3, 0.4) is 0 Å². The predicted octanol–water partition coefficient (Wildman–Crippen LogP) is -0.106. The van der Waals surface area contributed by atoms with E-state index in [1.165, 1.54) is 6.20 Å². The number of rotatable bonds is 3. The zero-order valence-electron chi connectivity index (χ0n) is 6.17. The molecule has 1 aromatic heterocycles. The summed E-state index contributed by atoms with van der Waals surface area (Å²) in [6.07, 6.45) is 1.49. The minimum Gasteiger partial charge on any atom is -0.395 e. The number of aromatic nitrogens is 2. The normalized spacial score (nSPS) is 9.83. The molecule has 0 atom stereocenters. The molecular formula is C6H8BrN3O2. The second kappa shape index (κ2) is 4.22. The van der Waals surface area contributed by atoms with E-state index in [0.29, 0.717) is 10.2 Å². The lowest BCUT2D eigenvalue weighted by atomic mass is 10.4. The Morgan fingerprint density at radius 2 is 2.58 bits per heavy atom. The summed E-state index contributed by atoms with van der Waals surface area (Å²) in [7, 11) is 0. The first-order valence-corrected chi connectivity index (χ1v) is 4.13. The van der Waals surface area contributed by atoms with Crippen molar-refractivity contribution in [1.82, 2.24) is 15.5 Å². The summed E-state index contributed by atoms with van der Waals surface area (Å²) in [5.74, 6) is -0.284. The van der Waals surface area contributed by atoms with Gasteiger partial charge in [-0.3, -0.25) is 9.89 Å². The van der Waals surface area contributed by atoms with E-state index in [1.807, 2.05) is 0 Å². The number of hydrogen-bond donors (Lipinski definition) is 3. The second-order valence-electron chi connectivity index (χ2n) is 2.07. The molecule has 0 aliphatic rings. The van der Waals surface area contributed by atoms with Crippen LogP contribution in [-0.2, 0) is 0 Å². The average Bonchev–Trinajstić information content (AvgIpc) is 2.47. The van der Waals surface area contributed by atoms with Gasteiger partial charge in [0.15, 0.2) is 0 Å². The van der Waals surface area contributed by atoms with Crippen LogP contribution in [0, 0.1) is 0 Å². The summed E-state index contributed by atoms with van der Waals surface area (Å²) in [6, 6.07) is 0. The molecule has 1 aromatic rings. The number of aliphatic hydroxyl groups is 1. The van der Waals surface area contributed by atoms with E-state index in [2.05, 4.69) is 31.4 Å². The van der Waals surface area contributed by atoms with Gasteiger partial charge in [-0.2, -0.15) is 5.10 Å². The molecule has 0 saturated carbocycles. The first kappa shape index (κ1) is 9.21. The highest BCUT2D eigenvalue weighted by atomic mass is 79.9. The molecule has 5 nitrogen and oxygen atoms in total. The van der Waals surface area contributed by atoms with Crippen LogP contribution < -0.4 is 5.32 Å². The highest BCUT2D eigenvalue weighted by molar-refractivity contribution is 9.10. The summed E-state index contributed by atoms with van der Waals surface area (Å²) < 4.78 is 0.609. The molecular weight excluding hydrogens is 226 g/mol. The van der Waals surface area contributed by atoms with Gasteiger partial charge in [0.1, 0.15) is 5.69 Å². The molecule has 0 spiro atoms. The van der Waals surface area contributed by atoms with Crippen LogP contribution in [0.1, 0.15) is 10.5 Å². The third-order valence-corrected chi connectivity index (χ3v) is 1.82. The number of H-pyrrole nitrogens is 1. The largest absolute Gasteiger partial charge is 0.395 e. The molecule has 3 N–H and O–H groups in total. The van der Waals surface area contributed by atoms with Crippen molar-refractivity contribution >= 4 is 21.8 Å². The Kier molecular flexibility index (Phi) is 3.24. The topological polar surface area (TPSA) is 78.0 Å². The number of nitrogens with zero attached hydrogens (tertiary/aromatic N) is 1. The number of carbonyl (C=O) groups is 1. The van der Waals surface area contributed by atoms with E-state index in [9.17, 15) is 4.79 Å². The average molecular weight is 234 g/mol. The van der Waals surface area contributed by atoms with Crippen LogP contribution in [0.25, 0.3) is 0 Å². The number of carbonyl (C=O) groups excluding carboxylic acids is 1. The second-order valence-corrected chi connectivity index (χ2v) is 2.93. The van der Waals surface area contributed by atoms with Gasteiger partial charge in [0, 0.05) is 6.54 Å². The van der Waals surface area contributed by atoms with E-state index >= 15 is 0 Å². The Balaban J connectivity index is 2.59. The van der Waals surface area contributed by atoms with Gasteiger partial charge >= 0.3 is 0 Å². The van der Waals surface area contributed by atoms with Gasteiger partial charge in [-0.25, -0.2) is 0 Å². The molecule has 0 fully saturated rings. The molecule has 0 aliphatic carbocycles. The minimum atomic E-state index is -0.284. The molecule has 6 heteroatoms. The van der Waals surface area contributed by atoms with Gasteiger partial charge in [-0.1, -0.05) is 0 Å². The highest BCUT2D eigenvalue weighted by Crippen LogP contribution is 2.11. The zero-order chi connectivity index (χ0) is 8.97. The molecule has 0 radical (unpaired) electrons. The Labute approximate surface area is 77.3 Å². The molecule has 1 rings (SSSR count). The summed E-state index contributed by atoms with van der Waals surface area (Å²) in [5, 5.41) is 17.1. The lowest BCUT2D eigenvalue weighted by Gasteiger charge is -1.99. The number of aliphatic hydroxyl groups excluding tert-OH is 1. The lowest BCUT2D eigenvalue weighted by molar-refractivity contribution is 0.0939. The number of aromatic amines is 1. The van der Waals surface area contributed by atoms with Gasteiger partial charge in [0.25, 0.3) is 5.91 Å². The first-order chi connectivity index (χ1) is 5.75. The smallest absolute Gasteiger partial charge is 0.270 e. The Morgan fingerprint density at radius 1 is 1.83 bits per heavy atom. The van der Waals surface area contributed by atoms with Gasteiger partial charge < -0.3 is 10.4 Å². The Morgan fingerprint density at radius 3 is 3.08 bits per heavy atom. The van der Waals surface area contributed by atoms with Gasteiger partial charge in [0.05, 0.1) is 17.3 Å². The zero-order valence-corrected chi connectivity index (χ0v) is 7.76. The maximum atomic E-state index is 11.2. The quantitative estimate of drug-likeness (QED) is 0.683. The van der Waals surface area contributed by atoms with Crippen molar-refractivity contribution in [2.75, 3.05) is 13.2 Å². The SMILES string of the molecule is O=C(NCCO)c1[nH]ncc1Br. The van der Waals surface area contributed by atoms with Gasteiger partial charge in [-0.05, 0) is 15.9 Å². The molecule has 0 saturated heterocycles. The van der Waals surface area contributed by atoms with Gasteiger partial charge in [-0.15, -0.1) is 0 Å². The maximum Gasteiger partial charge on any atom is 0.270 e. The summed E-state index contributed by atoms with van der Waals surface area (Å²) >= 11 is 3.14. The molecule has 1 amide bonds. The monoisotopic (exact) mass is 233 g/mol. The maximum absolute atomic E-state index is 11.2. The third-order valence-electron chi connectivity index (χ3n) is 1.22. The van der Waals surface area contributed by atoms with Gasteiger partial charge in [0.2, 0.25) is 0 Å². The van der Waals surface area contributed by atoms with E-state index in [4.69, 9.17) is 5.11 Å². The summed E-state index contributed by atoms with van der Waals surface area (Å²) in [4.78, 5) is 11.2. The fourth-order valence-electron chi connectivity index (χ4n) is 0.689. The molecule has 0 aliphatic heterocycles. The standard InChI is InChI=1S/C6H8BrN3O2/c7-4-3-9-10-5(4)6(12)8-1-2-11/h3,11H,1-2H2,(H,8,12)(H,9,10). The van der Waals surface area contributed by atoms with E-state index in [1.54, 1.807) is 0 Å². The number of nitrogens with one attached hydrogen (secondary N) is 2. The first-order valence-electron chi connectivity index (χ1n) is 3.33. The molecule has 0 bridgehead atoms. The molecule has 66 valence electrons. The van der Waals surface area contributed by atoms with Crippen molar-refractivity contribution in [2.24, 2.45) is 0 Å². The number of amides is 1. The van der Waals surface area contributed by atoms with E-state index in [0.717, 1.165) is 0 Å². The molecule has 1 heterocycles. The highest BCUT2D eigenvalue weighted by Gasteiger charge is 2.10. The van der Waals surface area contributed by atoms with Crippen molar-refractivity contribution < 1.29 is 9.90 Å². The Bertz CT molecular complexity index is 274. The van der Waals surface area contributed by atoms with E-state index < -0.39 is 0 Å². The van der Waals surface area contributed by atoms with Crippen molar-refractivity contribution in [3.8, 4) is 0 Å². The van der Waals surface area contributed by atoms with Crippen LogP contribution in [0.15, 0.2) is 10.7 Å². The molecule has 0 aromatic carbocycles. The van der Waals surface area contributed by atoms with Crippen LogP contribution in [0.2, 0.25) is 0 Å². The van der Waals surface area contributed by atoms with Crippen LogP contribution >= 0.6 is 15.9 Å². The fourth-order valence-corrected chi connectivity index (χ4v) is 1.06. The lowest BCUT2D eigenvalue weighted by Crippen LogP contribution is -2.26. The van der Waals surface area contributed by atoms with E-state index in [-0.39, 0.29) is 19.1 Å². The predicted molar refractivity (Wildman–Crippen MR) is 45.7 cm³/mol. The van der Waals surface area contributed by atoms with Crippen molar-refractivity contribution in [1.29, 1.82) is 0 Å².